The van der Waals surface area contributed by atoms with Crippen LogP contribution in [0.15, 0.2) is 72.8 Å². The maximum absolute atomic E-state index is 13.4. The molecule has 0 spiro atoms. The zero-order valence-corrected chi connectivity index (χ0v) is 23.0. The first-order valence-corrected chi connectivity index (χ1v) is 13.6. The zero-order chi connectivity index (χ0) is 27.4. The Morgan fingerprint density at radius 2 is 1.03 bits per heavy atom. The van der Waals surface area contributed by atoms with Crippen LogP contribution in [0.5, 0.6) is 0 Å². The number of anilines is 6. The standard InChI is InChI=1S/C31H36FN7/c1-21(2)23-5-11-26(12-6-23)33-29-35-30(34-27-13-7-24(8-14-27)22(3)4)37-31(36-29)39-19-17-38(18-20-39)28-15-9-25(32)10-16-28/h5-16,21-22H,17-20H2,1-4H3,(H2,33,34,35,36,37). The zero-order valence-electron chi connectivity index (χ0n) is 23.0. The van der Waals surface area contributed by atoms with E-state index in [-0.39, 0.29) is 5.82 Å². The van der Waals surface area contributed by atoms with Crippen LogP contribution in [0.25, 0.3) is 0 Å². The third-order valence-corrected chi connectivity index (χ3v) is 7.04. The van der Waals surface area contributed by atoms with Crippen molar-refractivity contribution >= 4 is 34.9 Å². The third-order valence-electron chi connectivity index (χ3n) is 7.04. The predicted molar refractivity (Wildman–Crippen MR) is 158 cm³/mol. The second-order valence-corrected chi connectivity index (χ2v) is 10.5. The van der Waals surface area contributed by atoms with Crippen molar-refractivity contribution in [1.29, 1.82) is 0 Å². The van der Waals surface area contributed by atoms with E-state index in [9.17, 15) is 4.39 Å². The number of halogens is 1. The first-order chi connectivity index (χ1) is 18.8. The first-order valence-electron chi connectivity index (χ1n) is 13.6. The molecule has 1 aliphatic heterocycles. The van der Waals surface area contributed by atoms with Crippen molar-refractivity contribution in [3.05, 3.63) is 89.7 Å². The molecule has 0 amide bonds. The molecule has 7 nitrogen and oxygen atoms in total. The fraction of sp³-hybridized carbons (Fsp3) is 0.323. The van der Waals surface area contributed by atoms with Gasteiger partial charge in [-0.2, -0.15) is 15.0 Å². The fourth-order valence-corrected chi connectivity index (χ4v) is 4.60. The monoisotopic (exact) mass is 525 g/mol. The molecule has 2 N–H and O–H groups in total. The molecule has 1 saturated heterocycles. The molecule has 0 aliphatic carbocycles. The number of piperazine rings is 1. The van der Waals surface area contributed by atoms with Gasteiger partial charge in [-0.05, 0) is 71.5 Å². The van der Waals surface area contributed by atoms with Gasteiger partial charge in [0.05, 0.1) is 0 Å². The van der Waals surface area contributed by atoms with Gasteiger partial charge in [0.25, 0.3) is 0 Å². The molecule has 8 heteroatoms. The molecule has 0 unspecified atom stereocenters. The summed E-state index contributed by atoms with van der Waals surface area (Å²) < 4.78 is 13.4. The van der Waals surface area contributed by atoms with Gasteiger partial charge in [-0.1, -0.05) is 52.0 Å². The van der Waals surface area contributed by atoms with Crippen molar-refractivity contribution in [2.24, 2.45) is 0 Å². The van der Waals surface area contributed by atoms with E-state index in [2.05, 4.69) is 102 Å². The van der Waals surface area contributed by atoms with Gasteiger partial charge >= 0.3 is 0 Å². The van der Waals surface area contributed by atoms with Crippen molar-refractivity contribution in [2.45, 2.75) is 39.5 Å². The molecule has 1 fully saturated rings. The lowest BCUT2D eigenvalue weighted by Gasteiger charge is -2.36. The third kappa shape index (κ3) is 6.63. The van der Waals surface area contributed by atoms with Crippen molar-refractivity contribution in [3.8, 4) is 0 Å². The fourth-order valence-electron chi connectivity index (χ4n) is 4.60. The van der Waals surface area contributed by atoms with E-state index in [0.717, 1.165) is 43.2 Å². The van der Waals surface area contributed by atoms with Crippen LogP contribution in [0, 0.1) is 5.82 Å². The highest BCUT2D eigenvalue weighted by Gasteiger charge is 2.21. The molecule has 2 heterocycles. The summed E-state index contributed by atoms with van der Waals surface area (Å²) in [6.45, 7) is 11.8. The molecule has 0 bridgehead atoms. The summed E-state index contributed by atoms with van der Waals surface area (Å²) in [6.07, 6.45) is 0. The largest absolute Gasteiger partial charge is 0.368 e. The lowest BCUT2D eigenvalue weighted by atomic mass is 10.0. The topological polar surface area (TPSA) is 69.2 Å². The van der Waals surface area contributed by atoms with Crippen molar-refractivity contribution in [3.63, 3.8) is 0 Å². The molecule has 39 heavy (non-hydrogen) atoms. The molecule has 5 rings (SSSR count). The van der Waals surface area contributed by atoms with Crippen molar-refractivity contribution in [2.75, 3.05) is 46.6 Å². The molecule has 1 aromatic heterocycles. The van der Waals surface area contributed by atoms with E-state index < -0.39 is 0 Å². The maximum Gasteiger partial charge on any atom is 0.233 e. The van der Waals surface area contributed by atoms with Crippen LogP contribution in [-0.2, 0) is 0 Å². The molecular weight excluding hydrogens is 489 g/mol. The van der Waals surface area contributed by atoms with E-state index in [4.69, 9.17) is 9.97 Å². The Labute approximate surface area is 230 Å². The van der Waals surface area contributed by atoms with Crippen LogP contribution in [0.4, 0.5) is 39.3 Å². The number of aromatic nitrogens is 3. The summed E-state index contributed by atoms with van der Waals surface area (Å²) in [5.74, 6) is 2.30. The second-order valence-electron chi connectivity index (χ2n) is 10.5. The maximum atomic E-state index is 13.4. The average Bonchev–Trinajstić information content (AvgIpc) is 2.94. The smallest absolute Gasteiger partial charge is 0.233 e. The Balaban J connectivity index is 1.37. The van der Waals surface area contributed by atoms with Crippen LogP contribution in [-0.4, -0.2) is 41.1 Å². The minimum Gasteiger partial charge on any atom is -0.368 e. The number of benzene rings is 3. The van der Waals surface area contributed by atoms with E-state index >= 15 is 0 Å². The quantitative estimate of drug-likeness (QED) is 0.255. The van der Waals surface area contributed by atoms with Crippen molar-refractivity contribution < 1.29 is 4.39 Å². The molecular formula is C31H36FN7. The number of hydrogen-bond donors (Lipinski definition) is 2. The first kappa shape index (κ1) is 26.4. The second kappa shape index (κ2) is 11.7. The minimum absolute atomic E-state index is 0.222. The van der Waals surface area contributed by atoms with Gasteiger partial charge in [0.2, 0.25) is 17.8 Å². The normalized spacial score (nSPS) is 13.7. The van der Waals surface area contributed by atoms with Crippen LogP contribution < -0.4 is 20.4 Å². The highest BCUT2D eigenvalue weighted by molar-refractivity contribution is 5.60. The number of nitrogens with one attached hydrogen (secondary N) is 2. The van der Waals surface area contributed by atoms with Crippen LogP contribution in [0.2, 0.25) is 0 Å². The summed E-state index contributed by atoms with van der Waals surface area (Å²) in [5.41, 5.74) is 5.42. The Morgan fingerprint density at radius 1 is 0.590 bits per heavy atom. The molecule has 4 aromatic rings. The van der Waals surface area contributed by atoms with E-state index in [1.807, 2.05) is 12.1 Å². The van der Waals surface area contributed by atoms with Gasteiger partial charge in [-0.15, -0.1) is 0 Å². The highest BCUT2D eigenvalue weighted by atomic mass is 19.1. The van der Waals surface area contributed by atoms with Crippen LogP contribution in [0.3, 0.4) is 0 Å². The van der Waals surface area contributed by atoms with Crippen LogP contribution >= 0.6 is 0 Å². The lowest BCUT2D eigenvalue weighted by Crippen LogP contribution is -2.47. The molecule has 0 saturated carbocycles. The van der Waals surface area contributed by atoms with Gasteiger partial charge in [-0.25, -0.2) is 4.39 Å². The van der Waals surface area contributed by atoms with Gasteiger partial charge in [0.15, 0.2) is 0 Å². The Morgan fingerprint density at radius 3 is 1.46 bits per heavy atom. The van der Waals surface area contributed by atoms with E-state index in [0.29, 0.717) is 29.7 Å². The average molecular weight is 526 g/mol. The number of hydrogen-bond acceptors (Lipinski definition) is 7. The number of nitrogens with zero attached hydrogens (tertiary/aromatic N) is 5. The minimum atomic E-state index is -0.222. The summed E-state index contributed by atoms with van der Waals surface area (Å²) in [6, 6.07) is 23.4. The van der Waals surface area contributed by atoms with Gasteiger partial charge in [0, 0.05) is 43.2 Å². The van der Waals surface area contributed by atoms with Crippen LogP contribution in [0.1, 0.15) is 50.7 Å². The highest BCUT2D eigenvalue weighted by Crippen LogP contribution is 2.25. The summed E-state index contributed by atoms with van der Waals surface area (Å²) in [5, 5.41) is 6.73. The Bertz CT molecular complexity index is 1290. The Kier molecular flexibility index (Phi) is 7.91. The predicted octanol–water partition coefficient (Wildman–Crippen LogP) is 7.07. The summed E-state index contributed by atoms with van der Waals surface area (Å²) in [7, 11) is 0. The van der Waals surface area contributed by atoms with E-state index in [1.54, 1.807) is 0 Å². The SMILES string of the molecule is CC(C)c1ccc(Nc2nc(Nc3ccc(C(C)C)cc3)nc(N3CCN(c4ccc(F)cc4)CC3)n2)cc1. The Hall–Kier alpha value is -4.20. The summed E-state index contributed by atoms with van der Waals surface area (Å²) in [4.78, 5) is 18.7. The molecule has 1 aliphatic rings. The molecule has 0 radical (unpaired) electrons. The molecule has 0 atom stereocenters. The molecule has 202 valence electrons. The van der Waals surface area contributed by atoms with E-state index in [1.165, 1.54) is 23.3 Å². The van der Waals surface area contributed by atoms with Gasteiger partial charge in [0.1, 0.15) is 5.82 Å². The van der Waals surface area contributed by atoms with Gasteiger partial charge in [-0.3, -0.25) is 0 Å². The van der Waals surface area contributed by atoms with Gasteiger partial charge < -0.3 is 20.4 Å². The number of rotatable bonds is 8. The summed E-state index contributed by atoms with van der Waals surface area (Å²) >= 11 is 0. The molecule has 3 aromatic carbocycles. The van der Waals surface area contributed by atoms with Crippen molar-refractivity contribution in [1.82, 2.24) is 15.0 Å². The lowest BCUT2D eigenvalue weighted by molar-refractivity contribution is 0.623.